The minimum Gasteiger partial charge on any atom is -0.337 e. The number of halogens is 4. The van der Waals surface area contributed by atoms with Gasteiger partial charge in [0.2, 0.25) is 5.82 Å². The Morgan fingerprint density at radius 2 is 1.81 bits per heavy atom. The zero-order valence-electron chi connectivity index (χ0n) is 13.6. The molecular formula is C16H11F4N5O2. The summed E-state index contributed by atoms with van der Waals surface area (Å²) in [6.07, 6.45) is -4.80. The lowest BCUT2D eigenvalue weighted by molar-refractivity contribution is -0.159. The van der Waals surface area contributed by atoms with E-state index >= 15 is 0 Å². The van der Waals surface area contributed by atoms with Crippen LogP contribution in [0.25, 0.3) is 11.4 Å². The van der Waals surface area contributed by atoms with Gasteiger partial charge in [0.1, 0.15) is 5.82 Å². The smallest absolute Gasteiger partial charge is 0.337 e. The summed E-state index contributed by atoms with van der Waals surface area (Å²) >= 11 is 0. The number of amides is 1. The van der Waals surface area contributed by atoms with Crippen LogP contribution in [-0.2, 0) is 6.18 Å². The Morgan fingerprint density at radius 1 is 1.19 bits per heavy atom. The molecule has 0 fully saturated rings. The molecule has 7 nitrogen and oxygen atoms in total. The number of carbonyl (C=O) groups excluding carboxylic acids is 1. The van der Waals surface area contributed by atoms with Crippen molar-refractivity contribution in [2.24, 2.45) is 0 Å². The van der Waals surface area contributed by atoms with E-state index in [9.17, 15) is 22.4 Å². The van der Waals surface area contributed by atoms with Crippen molar-refractivity contribution in [3.63, 3.8) is 0 Å². The number of rotatable bonds is 6. The van der Waals surface area contributed by atoms with E-state index in [0.717, 1.165) is 12.1 Å². The second-order valence-corrected chi connectivity index (χ2v) is 5.22. The van der Waals surface area contributed by atoms with Crippen LogP contribution >= 0.6 is 0 Å². The Hall–Kier alpha value is -3.47. The van der Waals surface area contributed by atoms with Crippen LogP contribution in [0.5, 0.6) is 0 Å². The number of hydrogen-bond donors (Lipinski definition) is 0. The maximum Gasteiger partial charge on any atom is 0.471 e. The summed E-state index contributed by atoms with van der Waals surface area (Å²) in [5.74, 6) is -3.85. The van der Waals surface area contributed by atoms with Gasteiger partial charge in [-0.2, -0.15) is 28.7 Å². The van der Waals surface area contributed by atoms with Gasteiger partial charge < -0.3 is 9.42 Å². The summed E-state index contributed by atoms with van der Waals surface area (Å²) in [6, 6.07) is 6.81. The third-order valence-electron chi connectivity index (χ3n) is 3.40. The summed E-state index contributed by atoms with van der Waals surface area (Å²) in [4.78, 5) is 16.7. The number of benzene rings is 1. The Labute approximate surface area is 150 Å². The number of alkyl halides is 3. The van der Waals surface area contributed by atoms with Gasteiger partial charge in [-0.05, 0) is 18.2 Å². The molecule has 2 rings (SSSR count). The van der Waals surface area contributed by atoms with Crippen LogP contribution in [0.3, 0.4) is 0 Å². The second kappa shape index (κ2) is 8.27. The topological polar surface area (TPSA) is 107 Å². The van der Waals surface area contributed by atoms with Gasteiger partial charge in [-0.3, -0.25) is 4.79 Å². The number of aromatic nitrogens is 2. The molecule has 140 valence electrons. The zero-order valence-corrected chi connectivity index (χ0v) is 13.6. The standard InChI is InChI=1S/C16H11F4N5O2/c17-12-9-10(14(26)25(7-1-5-21)8-2-6-22)3-4-11(12)13-23-15(27-24-13)16(18,19)20/h3-4,9H,1-2,7-8H2. The highest BCUT2D eigenvalue weighted by Gasteiger charge is 2.38. The molecule has 0 N–H and O–H groups in total. The quantitative estimate of drug-likeness (QED) is 0.712. The van der Waals surface area contributed by atoms with E-state index in [-0.39, 0.29) is 37.1 Å². The first-order valence-corrected chi connectivity index (χ1v) is 7.52. The largest absolute Gasteiger partial charge is 0.471 e. The van der Waals surface area contributed by atoms with Crippen molar-refractivity contribution < 1.29 is 26.9 Å². The average Bonchev–Trinajstić information content (AvgIpc) is 3.11. The molecule has 0 aliphatic heterocycles. The monoisotopic (exact) mass is 381 g/mol. The summed E-state index contributed by atoms with van der Waals surface area (Å²) in [5, 5.41) is 20.4. The predicted octanol–water partition coefficient (Wildman–Crippen LogP) is 3.16. The van der Waals surface area contributed by atoms with Gasteiger partial charge in [-0.15, -0.1) is 0 Å². The number of nitrogens with zero attached hydrogens (tertiary/aromatic N) is 5. The summed E-state index contributed by atoms with van der Waals surface area (Å²) < 4.78 is 55.8. The molecule has 1 amide bonds. The highest BCUT2D eigenvalue weighted by Crippen LogP contribution is 2.30. The SMILES string of the molecule is N#CCCN(CCC#N)C(=O)c1ccc(-c2noc(C(F)(F)F)n2)c(F)c1. The molecule has 27 heavy (non-hydrogen) atoms. The van der Waals surface area contributed by atoms with Crippen molar-refractivity contribution in [2.45, 2.75) is 19.0 Å². The molecule has 0 saturated heterocycles. The Bertz CT molecular complexity index is 893. The number of hydrogen-bond acceptors (Lipinski definition) is 6. The second-order valence-electron chi connectivity index (χ2n) is 5.22. The molecule has 0 radical (unpaired) electrons. The lowest BCUT2D eigenvalue weighted by atomic mass is 10.1. The lowest BCUT2D eigenvalue weighted by Crippen LogP contribution is -2.32. The van der Waals surface area contributed by atoms with E-state index in [1.165, 1.54) is 11.0 Å². The van der Waals surface area contributed by atoms with Crippen LogP contribution in [0.15, 0.2) is 22.7 Å². The maximum absolute atomic E-state index is 14.3. The third kappa shape index (κ3) is 4.79. The van der Waals surface area contributed by atoms with E-state index in [1.54, 1.807) is 0 Å². The number of nitriles is 2. The van der Waals surface area contributed by atoms with Gasteiger partial charge in [0.05, 0.1) is 30.5 Å². The fourth-order valence-electron chi connectivity index (χ4n) is 2.14. The average molecular weight is 381 g/mol. The highest BCUT2D eigenvalue weighted by molar-refractivity contribution is 5.94. The zero-order chi connectivity index (χ0) is 20.0. The molecule has 1 aromatic heterocycles. The summed E-state index contributed by atoms with van der Waals surface area (Å²) in [6.45, 7) is 0.111. The van der Waals surface area contributed by atoms with Crippen LogP contribution < -0.4 is 0 Å². The first-order chi connectivity index (χ1) is 12.8. The van der Waals surface area contributed by atoms with Crippen molar-refractivity contribution in [1.29, 1.82) is 10.5 Å². The van der Waals surface area contributed by atoms with Gasteiger partial charge >= 0.3 is 12.1 Å². The van der Waals surface area contributed by atoms with Crippen LogP contribution in [0.2, 0.25) is 0 Å². The van der Waals surface area contributed by atoms with Crippen molar-refractivity contribution in [1.82, 2.24) is 15.0 Å². The maximum atomic E-state index is 14.3. The van der Waals surface area contributed by atoms with Crippen molar-refractivity contribution in [2.75, 3.05) is 13.1 Å². The first kappa shape index (κ1) is 19.8. The summed E-state index contributed by atoms with van der Waals surface area (Å²) in [7, 11) is 0. The van der Waals surface area contributed by atoms with Gasteiger partial charge in [-0.1, -0.05) is 5.16 Å². The molecular weight excluding hydrogens is 370 g/mol. The third-order valence-corrected chi connectivity index (χ3v) is 3.40. The summed E-state index contributed by atoms with van der Waals surface area (Å²) in [5.41, 5.74) is -0.460. The van der Waals surface area contributed by atoms with E-state index < -0.39 is 29.6 Å². The van der Waals surface area contributed by atoms with Crippen LogP contribution in [-0.4, -0.2) is 34.0 Å². The first-order valence-electron chi connectivity index (χ1n) is 7.52. The molecule has 1 heterocycles. The molecule has 2 aromatic rings. The molecule has 11 heteroatoms. The van der Waals surface area contributed by atoms with E-state index in [4.69, 9.17) is 10.5 Å². The molecule has 0 saturated carbocycles. The van der Waals surface area contributed by atoms with E-state index in [0.29, 0.717) is 0 Å². The molecule has 0 unspecified atom stereocenters. The van der Waals surface area contributed by atoms with Crippen molar-refractivity contribution >= 4 is 5.91 Å². The molecule has 0 bridgehead atoms. The molecule has 1 aromatic carbocycles. The minimum atomic E-state index is -4.86. The van der Waals surface area contributed by atoms with E-state index in [1.807, 2.05) is 12.1 Å². The van der Waals surface area contributed by atoms with Crippen LogP contribution in [0.4, 0.5) is 17.6 Å². The number of carbonyl (C=O) groups is 1. The molecule has 0 atom stereocenters. The van der Waals surface area contributed by atoms with Crippen molar-refractivity contribution in [3.8, 4) is 23.5 Å². The fraction of sp³-hybridized carbons (Fsp3) is 0.312. The Morgan fingerprint density at radius 3 is 2.30 bits per heavy atom. The van der Waals surface area contributed by atoms with Gasteiger partial charge in [-0.25, -0.2) is 4.39 Å². The van der Waals surface area contributed by atoms with Crippen molar-refractivity contribution in [3.05, 3.63) is 35.5 Å². The highest BCUT2D eigenvalue weighted by atomic mass is 19.4. The van der Waals surface area contributed by atoms with Gasteiger partial charge in [0.15, 0.2) is 0 Å². The van der Waals surface area contributed by atoms with Crippen LogP contribution in [0.1, 0.15) is 29.1 Å². The molecule has 0 aliphatic carbocycles. The fourth-order valence-corrected chi connectivity index (χ4v) is 2.14. The molecule has 0 spiro atoms. The molecule has 0 aliphatic rings. The Balaban J connectivity index is 2.27. The van der Waals surface area contributed by atoms with E-state index in [2.05, 4.69) is 14.7 Å². The van der Waals surface area contributed by atoms with Crippen LogP contribution in [0, 0.1) is 28.5 Å². The minimum absolute atomic E-state index is 0.0286. The van der Waals surface area contributed by atoms with Gasteiger partial charge in [0.25, 0.3) is 5.91 Å². The predicted molar refractivity (Wildman–Crippen MR) is 81.1 cm³/mol. The normalized spacial score (nSPS) is 10.9. The van der Waals surface area contributed by atoms with Gasteiger partial charge in [0, 0.05) is 18.7 Å². The Kier molecular flexibility index (Phi) is 6.08. The lowest BCUT2D eigenvalue weighted by Gasteiger charge is -2.20.